The summed E-state index contributed by atoms with van der Waals surface area (Å²) in [5, 5.41) is 1.38. The highest BCUT2D eigenvalue weighted by Gasteiger charge is 2.15. The Bertz CT molecular complexity index is 1410. The van der Waals surface area contributed by atoms with Crippen LogP contribution in [-0.2, 0) is 6.42 Å². The minimum absolute atomic E-state index is 0.0352. The molecule has 0 aliphatic carbocycles. The normalized spacial score (nSPS) is 11.2. The van der Waals surface area contributed by atoms with Crippen LogP contribution in [0.4, 0.5) is 0 Å². The number of benzene rings is 3. The number of fused-ring (bicyclic) bond motifs is 2. The Morgan fingerprint density at radius 2 is 1.66 bits per heavy atom. The topological polar surface area (TPSA) is 78.6 Å². The summed E-state index contributed by atoms with van der Waals surface area (Å²) < 4.78 is 0. The van der Waals surface area contributed by atoms with Crippen molar-refractivity contribution < 1.29 is 4.79 Å². The van der Waals surface area contributed by atoms with Crippen LogP contribution in [0.1, 0.15) is 16.2 Å². The SMILES string of the molecule is O=C(Cc1nc2ccc(-c3ccccc3)cc2c(=O)[nH]1)c1c[nH]c2ccccc12. The molecule has 0 atom stereocenters. The van der Waals surface area contributed by atoms with Gasteiger partial charge in [-0.2, -0.15) is 0 Å². The summed E-state index contributed by atoms with van der Waals surface area (Å²) in [5.41, 5.74) is 3.83. The molecule has 0 bridgehead atoms. The van der Waals surface area contributed by atoms with Gasteiger partial charge in [-0.3, -0.25) is 9.59 Å². The Labute approximate surface area is 166 Å². The van der Waals surface area contributed by atoms with Gasteiger partial charge in [-0.25, -0.2) is 4.98 Å². The molecule has 0 radical (unpaired) electrons. The number of carbonyl (C=O) groups is 1. The Morgan fingerprint density at radius 3 is 2.52 bits per heavy atom. The molecule has 0 unspecified atom stereocenters. The molecule has 5 rings (SSSR count). The van der Waals surface area contributed by atoms with Crippen LogP contribution in [0.25, 0.3) is 32.9 Å². The quantitative estimate of drug-likeness (QED) is 0.451. The minimum atomic E-state index is -0.241. The lowest BCUT2D eigenvalue weighted by atomic mass is 10.0. The summed E-state index contributed by atoms with van der Waals surface area (Å²) >= 11 is 0. The van der Waals surface area contributed by atoms with E-state index in [1.165, 1.54) is 0 Å². The van der Waals surface area contributed by atoms with Crippen LogP contribution in [0.3, 0.4) is 0 Å². The summed E-state index contributed by atoms with van der Waals surface area (Å²) in [6, 6.07) is 23.1. The van der Waals surface area contributed by atoms with Crippen molar-refractivity contribution >= 4 is 27.6 Å². The molecule has 5 aromatic rings. The van der Waals surface area contributed by atoms with Crippen LogP contribution >= 0.6 is 0 Å². The summed E-state index contributed by atoms with van der Waals surface area (Å²) in [5.74, 6) is 0.274. The molecule has 29 heavy (non-hydrogen) atoms. The van der Waals surface area contributed by atoms with E-state index in [4.69, 9.17) is 0 Å². The van der Waals surface area contributed by atoms with E-state index in [9.17, 15) is 9.59 Å². The predicted molar refractivity (Wildman–Crippen MR) is 114 cm³/mol. The summed E-state index contributed by atoms with van der Waals surface area (Å²) in [4.78, 5) is 35.8. The van der Waals surface area contributed by atoms with E-state index >= 15 is 0 Å². The molecule has 0 saturated carbocycles. The van der Waals surface area contributed by atoms with Crippen LogP contribution < -0.4 is 5.56 Å². The molecule has 0 amide bonds. The fraction of sp³-hybridized carbons (Fsp3) is 0.0417. The highest BCUT2D eigenvalue weighted by Crippen LogP contribution is 2.22. The van der Waals surface area contributed by atoms with Crippen molar-refractivity contribution in [3.63, 3.8) is 0 Å². The molecule has 0 spiro atoms. The molecule has 0 fully saturated rings. The average molecular weight is 379 g/mol. The van der Waals surface area contributed by atoms with E-state index in [2.05, 4.69) is 15.0 Å². The first-order valence-electron chi connectivity index (χ1n) is 9.37. The third-order valence-corrected chi connectivity index (χ3v) is 5.08. The second-order valence-corrected chi connectivity index (χ2v) is 6.96. The van der Waals surface area contributed by atoms with Crippen molar-refractivity contribution in [2.45, 2.75) is 6.42 Å². The highest BCUT2D eigenvalue weighted by molar-refractivity contribution is 6.08. The predicted octanol–water partition coefficient (Wildman–Crippen LogP) is 4.50. The van der Waals surface area contributed by atoms with Gasteiger partial charge in [0, 0.05) is 22.7 Å². The Kier molecular flexibility index (Phi) is 4.06. The number of nitrogens with one attached hydrogen (secondary N) is 2. The monoisotopic (exact) mass is 379 g/mol. The van der Waals surface area contributed by atoms with Crippen molar-refractivity contribution in [1.82, 2.24) is 15.0 Å². The zero-order valence-electron chi connectivity index (χ0n) is 15.5. The van der Waals surface area contributed by atoms with Crippen LogP contribution in [0.15, 0.2) is 83.8 Å². The van der Waals surface area contributed by atoms with Crippen molar-refractivity contribution in [2.24, 2.45) is 0 Å². The van der Waals surface area contributed by atoms with Crippen molar-refractivity contribution in [2.75, 3.05) is 0 Å². The van der Waals surface area contributed by atoms with Crippen molar-refractivity contribution in [1.29, 1.82) is 0 Å². The number of aromatic nitrogens is 3. The smallest absolute Gasteiger partial charge is 0.258 e. The number of aromatic amines is 2. The van der Waals surface area contributed by atoms with E-state index in [-0.39, 0.29) is 17.8 Å². The van der Waals surface area contributed by atoms with Crippen LogP contribution in [0.5, 0.6) is 0 Å². The van der Waals surface area contributed by atoms with Gasteiger partial charge in [0.15, 0.2) is 5.78 Å². The molecule has 2 heterocycles. The third-order valence-electron chi connectivity index (χ3n) is 5.08. The molecular weight excluding hydrogens is 362 g/mol. The zero-order chi connectivity index (χ0) is 19.8. The Morgan fingerprint density at radius 1 is 0.862 bits per heavy atom. The number of Topliss-reactive ketones (excluding diaryl/α,β-unsaturated/α-hetero) is 1. The summed E-state index contributed by atoms with van der Waals surface area (Å²) in [6.07, 6.45) is 1.74. The van der Waals surface area contributed by atoms with Crippen LogP contribution in [-0.4, -0.2) is 20.7 Å². The van der Waals surface area contributed by atoms with E-state index in [0.29, 0.717) is 22.3 Å². The third kappa shape index (κ3) is 3.12. The lowest BCUT2D eigenvalue weighted by molar-refractivity contribution is 0.0992. The minimum Gasteiger partial charge on any atom is -0.360 e. The number of H-pyrrole nitrogens is 2. The Balaban J connectivity index is 1.50. The molecule has 0 saturated heterocycles. The van der Waals surface area contributed by atoms with Gasteiger partial charge in [0.2, 0.25) is 0 Å². The maximum atomic E-state index is 12.8. The fourth-order valence-electron chi connectivity index (χ4n) is 3.63. The molecule has 5 heteroatoms. The first-order valence-corrected chi connectivity index (χ1v) is 9.37. The fourth-order valence-corrected chi connectivity index (χ4v) is 3.63. The van der Waals surface area contributed by atoms with Gasteiger partial charge in [-0.05, 0) is 29.3 Å². The largest absolute Gasteiger partial charge is 0.360 e. The molecule has 0 aliphatic heterocycles. The highest BCUT2D eigenvalue weighted by atomic mass is 16.1. The number of para-hydroxylation sites is 1. The molecule has 0 aliphatic rings. The molecule has 140 valence electrons. The van der Waals surface area contributed by atoms with Gasteiger partial charge in [-0.15, -0.1) is 0 Å². The maximum Gasteiger partial charge on any atom is 0.258 e. The number of carbonyl (C=O) groups excluding carboxylic acids is 1. The standard InChI is InChI=1S/C24H17N3O2/c28-22(19-14-25-20-9-5-4-8-17(19)20)13-23-26-21-11-10-16(12-18(21)24(29)27-23)15-6-2-1-3-7-15/h1-12,14,25H,13H2,(H,26,27,29). The van der Waals surface area contributed by atoms with Crippen molar-refractivity contribution in [3.05, 3.63) is 101 Å². The second kappa shape index (κ2) is 6.87. The van der Waals surface area contributed by atoms with E-state index in [1.807, 2.05) is 72.8 Å². The number of hydrogen-bond acceptors (Lipinski definition) is 3. The number of hydrogen-bond donors (Lipinski definition) is 2. The molecule has 2 N–H and O–H groups in total. The van der Waals surface area contributed by atoms with E-state index in [1.54, 1.807) is 6.20 Å². The first-order chi connectivity index (χ1) is 14.2. The lowest BCUT2D eigenvalue weighted by Crippen LogP contribution is -2.15. The number of nitrogens with zero attached hydrogens (tertiary/aromatic N) is 1. The van der Waals surface area contributed by atoms with Crippen LogP contribution in [0.2, 0.25) is 0 Å². The van der Waals surface area contributed by atoms with Gasteiger partial charge in [0.1, 0.15) is 5.82 Å². The molecule has 2 aromatic heterocycles. The molecular formula is C24H17N3O2. The molecule has 3 aromatic carbocycles. The van der Waals surface area contributed by atoms with E-state index < -0.39 is 0 Å². The first kappa shape index (κ1) is 17.1. The average Bonchev–Trinajstić information content (AvgIpc) is 3.18. The van der Waals surface area contributed by atoms with Gasteiger partial charge >= 0.3 is 0 Å². The molecule has 5 nitrogen and oxygen atoms in total. The van der Waals surface area contributed by atoms with E-state index in [0.717, 1.165) is 22.0 Å². The van der Waals surface area contributed by atoms with Crippen LogP contribution in [0, 0.1) is 0 Å². The summed E-state index contributed by atoms with van der Waals surface area (Å²) in [6.45, 7) is 0. The van der Waals surface area contributed by atoms with Gasteiger partial charge in [0.25, 0.3) is 5.56 Å². The Hall–Kier alpha value is -3.99. The zero-order valence-corrected chi connectivity index (χ0v) is 15.5. The lowest BCUT2D eigenvalue weighted by Gasteiger charge is -2.05. The number of ketones is 1. The van der Waals surface area contributed by atoms with Crippen molar-refractivity contribution in [3.8, 4) is 11.1 Å². The van der Waals surface area contributed by atoms with Gasteiger partial charge < -0.3 is 9.97 Å². The van der Waals surface area contributed by atoms with Gasteiger partial charge in [0.05, 0.1) is 17.3 Å². The second-order valence-electron chi connectivity index (χ2n) is 6.96. The van der Waals surface area contributed by atoms with Gasteiger partial charge in [-0.1, -0.05) is 54.6 Å². The number of rotatable bonds is 4. The summed E-state index contributed by atoms with van der Waals surface area (Å²) in [7, 11) is 0. The maximum absolute atomic E-state index is 12.8.